The quantitative estimate of drug-likeness (QED) is 0.404. The molecule has 9 nitrogen and oxygen atoms in total. The van der Waals surface area contributed by atoms with Crippen LogP contribution in [-0.2, 0) is 0 Å². The van der Waals surface area contributed by atoms with Gasteiger partial charge in [0.1, 0.15) is 11.4 Å². The van der Waals surface area contributed by atoms with Gasteiger partial charge >= 0.3 is 12.1 Å². The maximum absolute atomic E-state index is 15.0. The number of alkyl halides is 5. The van der Waals surface area contributed by atoms with Gasteiger partial charge in [-0.3, -0.25) is 14.2 Å². The lowest BCUT2D eigenvalue weighted by Gasteiger charge is -2.26. The fourth-order valence-electron chi connectivity index (χ4n) is 3.90. The van der Waals surface area contributed by atoms with Crippen LogP contribution in [0.1, 0.15) is 17.3 Å². The first-order valence-corrected chi connectivity index (χ1v) is 11.0. The predicted octanol–water partition coefficient (Wildman–Crippen LogP) is 2.06. The molecular formula is C22H17F8N5O4. The molecule has 0 aliphatic carbocycles. The summed E-state index contributed by atoms with van der Waals surface area (Å²) in [4.78, 5) is 34.3. The lowest BCUT2D eigenvalue weighted by molar-refractivity contribution is -0.290. The second-order valence-electron chi connectivity index (χ2n) is 8.72. The van der Waals surface area contributed by atoms with Crippen molar-refractivity contribution in [2.45, 2.75) is 37.3 Å². The van der Waals surface area contributed by atoms with Gasteiger partial charge in [-0.05, 0) is 13.0 Å². The fraction of sp³-hybridized carbons (Fsp3) is 0.364. The van der Waals surface area contributed by atoms with Gasteiger partial charge in [-0.2, -0.15) is 22.0 Å². The number of aliphatic hydroxyl groups excluding tert-OH is 2. The van der Waals surface area contributed by atoms with Crippen molar-refractivity contribution in [3.05, 3.63) is 57.8 Å². The first-order valence-electron chi connectivity index (χ1n) is 11.0. The van der Waals surface area contributed by atoms with Gasteiger partial charge in [0.05, 0.1) is 29.8 Å². The first kappa shape index (κ1) is 28.2. The largest absolute Gasteiger partial charge is 0.455 e. The molecule has 0 radical (unpaired) electrons. The van der Waals surface area contributed by atoms with Crippen molar-refractivity contribution in [3.8, 4) is 5.82 Å². The van der Waals surface area contributed by atoms with Gasteiger partial charge in [0.2, 0.25) is 5.43 Å². The highest BCUT2D eigenvalue weighted by Crippen LogP contribution is 2.38. The van der Waals surface area contributed by atoms with E-state index in [0.717, 1.165) is 4.90 Å². The number of β-amino-alcohol motifs (C(OH)–C–C–N with tert-alkyl or cyclic N) is 2. The number of nitrogens with zero attached hydrogens (tertiary/aromatic N) is 4. The summed E-state index contributed by atoms with van der Waals surface area (Å²) < 4.78 is 109. The van der Waals surface area contributed by atoms with E-state index in [1.54, 1.807) is 0 Å². The summed E-state index contributed by atoms with van der Waals surface area (Å²) in [7, 11) is 0. The number of hydrogen-bond acceptors (Lipinski definition) is 7. The maximum Gasteiger partial charge on any atom is 0.455 e. The standard InChI is InChI=1S/C22H17F8N5O4/c1-8(21(26,27)22(28,29)30)32-20(39)11-5-35(18-12(24)2-9(23)4-31-18)17-10(16(11)38)3-13(25)19(33-17)34-6-14(36)15(37)7-34/h2-5,8,14-15,36-37H,6-7H2,1H3,(H,32,39)/t8?,14-,15?/m1/s1. The van der Waals surface area contributed by atoms with Crippen LogP contribution < -0.4 is 15.6 Å². The van der Waals surface area contributed by atoms with Crippen LogP contribution in [0.15, 0.2) is 29.3 Å². The van der Waals surface area contributed by atoms with Crippen molar-refractivity contribution in [1.29, 1.82) is 0 Å². The third-order valence-electron chi connectivity index (χ3n) is 6.00. The molecule has 3 N–H and O–H groups in total. The van der Waals surface area contributed by atoms with Crippen LogP contribution in [0.2, 0.25) is 0 Å². The Kier molecular flexibility index (Phi) is 7.01. The molecule has 3 aromatic rings. The SMILES string of the molecule is CC(NC(=O)c1cn(-c2ncc(F)cc2F)c2nc(N3CC(O)[C@H](O)C3)c(F)cc2c1=O)C(F)(F)C(F)(F)F. The van der Waals surface area contributed by atoms with E-state index < -0.39 is 87.4 Å². The fourth-order valence-corrected chi connectivity index (χ4v) is 3.90. The Labute approximate surface area is 212 Å². The maximum atomic E-state index is 15.0. The number of halogens is 8. The van der Waals surface area contributed by atoms with Gasteiger partial charge in [-0.1, -0.05) is 0 Å². The third-order valence-corrected chi connectivity index (χ3v) is 6.00. The van der Waals surface area contributed by atoms with Crippen molar-refractivity contribution >= 4 is 22.8 Å². The Bertz CT molecular complexity index is 1500. The van der Waals surface area contributed by atoms with Crippen LogP contribution in [0.25, 0.3) is 16.9 Å². The number of anilines is 1. The Morgan fingerprint density at radius 1 is 1.05 bits per heavy atom. The summed E-state index contributed by atoms with van der Waals surface area (Å²) in [6.45, 7) is -0.260. The predicted molar refractivity (Wildman–Crippen MR) is 117 cm³/mol. The lowest BCUT2D eigenvalue weighted by Crippen LogP contribution is -2.54. The molecule has 0 saturated carbocycles. The van der Waals surface area contributed by atoms with Gasteiger partial charge in [-0.25, -0.2) is 23.1 Å². The number of carbonyl (C=O) groups excluding carboxylic acids is 1. The zero-order chi connectivity index (χ0) is 29.0. The van der Waals surface area contributed by atoms with Crippen LogP contribution >= 0.6 is 0 Å². The van der Waals surface area contributed by atoms with E-state index in [9.17, 15) is 50.5 Å². The van der Waals surface area contributed by atoms with Crippen molar-refractivity contribution < 1.29 is 50.1 Å². The first-order chi connectivity index (χ1) is 18.0. The molecule has 1 aliphatic heterocycles. The number of nitrogens with one attached hydrogen (secondary N) is 1. The number of amides is 1. The summed E-state index contributed by atoms with van der Waals surface area (Å²) in [6, 6.07) is -1.96. The molecule has 17 heteroatoms. The Morgan fingerprint density at radius 3 is 2.21 bits per heavy atom. The molecule has 1 aliphatic rings. The van der Waals surface area contributed by atoms with E-state index in [1.165, 1.54) is 5.32 Å². The van der Waals surface area contributed by atoms with Crippen LogP contribution in [0.3, 0.4) is 0 Å². The molecule has 3 aromatic heterocycles. The minimum atomic E-state index is -6.05. The number of hydrogen-bond donors (Lipinski definition) is 3. The zero-order valence-corrected chi connectivity index (χ0v) is 19.5. The molecule has 0 bridgehead atoms. The number of fused-ring (bicyclic) bond motifs is 1. The van der Waals surface area contributed by atoms with Crippen LogP contribution in [-0.4, -0.2) is 74.1 Å². The normalized spacial score (nSPS) is 19.0. The molecule has 0 spiro atoms. The van der Waals surface area contributed by atoms with E-state index in [2.05, 4.69) is 9.97 Å². The van der Waals surface area contributed by atoms with E-state index >= 15 is 4.39 Å². The van der Waals surface area contributed by atoms with E-state index in [4.69, 9.17) is 0 Å². The topological polar surface area (TPSA) is 121 Å². The minimum absolute atomic E-state index is 0.296. The molecule has 210 valence electrons. The molecule has 1 saturated heterocycles. The van der Waals surface area contributed by atoms with Gasteiger partial charge < -0.3 is 20.4 Å². The molecule has 1 fully saturated rings. The highest BCUT2D eigenvalue weighted by Gasteiger charge is 2.61. The molecule has 4 rings (SSSR count). The smallest absolute Gasteiger partial charge is 0.389 e. The summed E-state index contributed by atoms with van der Waals surface area (Å²) >= 11 is 0. The van der Waals surface area contributed by atoms with Crippen molar-refractivity contribution in [2.75, 3.05) is 18.0 Å². The Balaban J connectivity index is 1.91. The van der Waals surface area contributed by atoms with Gasteiger partial charge in [0.25, 0.3) is 5.91 Å². The molecule has 4 heterocycles. The zero-order valence-electron chi connectivity index (χ0n) is 19.5. The van der Waals surface area contributed by atoms with Crippen molar-refractivity contribution in [3.63, 3.8) is 0 Å². The average Bonchev–Trinajstić information content (AvgIpc) is 3.16. The number of pyridine rings is 3. The third kappa shape index (κ3) is 4.98. The van der Waals surface area contributed by atoms with Gasteiger partial charge in [-0.15, -0.1) is 0 Å². The van der Waals surface area contributed by atoms with E-state index in [1.807, 2.05) is 0 Å². The second-order valence-corrected chi connectivity index (χ2v) is 8.72. The number of rotatable bonds is 5. The highest BCUT2D eigenvalue weighted by molar-refractivity contribution is 5.97. The molecular weight excluding hydrogens is 550 g/mol. The average molecular weight is 567 g/mol. The summed E-state index contributed by atoms with van der Waals surface area (Å²) in [6.07, 6.45) is -7.58. The highest BCUT2D eigenvalue weighted by atomic mass is 19.4. The number of aliphatic hydroxyl groups is 2. The Morgan fingerprint density at radius 2 is 1.64 bits per heavy atom. The van der Waals surface area contributed by atoms with Crippen molar-refractivity contribution in [2.24, 2.45) is 0 Å². The van der Waals surface area contributed by atoms with E-state index in [-0.39, 0.29) is 13.1 Å². The summed E-state index contributed by atoms with van der Waals surface area (Å²) in [5, 5.41) is 20.2. The van der Waals surface area contributed by atoms with Crippen molar-refractivity contribution in [1.82, 2.24) is 19.9 Å². The second kappa shape index (κ2) is 9.71. The number of carbonyl (C=O) groups is 1. The minimum Gasteiger partial charge on any atom is -0.389 e. The molecule has 39 heavy (non-hydrogen) atoms. The lowest BCUT2D eigenvalue weighted by atomic mass is 10.1. The van der Waals surface area contributed by atoms with Crippen LogP contribution in [0.4, 0.5) is 40.9 Å². The number of aromatic nitrogens is 3. The molecule has 0 aromatic carbocycles. The molecule has 2 unspecified atom stereocenters. The molecule has 3 atom stereocenters. The van der Waals surface area contributed by atoms with Crippen LogP contribution in [0.5, 0.6) is 0 Å². The van der Waals surface area contributed by atoms with Gasteiger partial charge in [0, 0.05) is 25.4 Å². The summed E-state index contributed by atoms with van der Waals surface area (Å²) in [5.41, 5.74) is -3.06. The van der Waals surface area contributed by atoms with Crippen LogP contribution in [0, 0.1) is 17.5 Å². The van der Waals surface area contributed by atoms with E-state index in [0.29, 0.717) is 36.0 Å². The molecule has 1 amide bonds. The van der Waals surface area contributed by atoms with Gasteiger partial charge in [0.15, 0.2) is 28.9 Å². The summed E-state index contributed by atoms with van der Waals surface area (Å²) in [5.74, 6) is -12.2. The Hall–Kier alpha value is -3.86. The monoisotopic (exact) mass is 567 g/mol.